The molecule has 1 unspecified atom stereocenters. The topological polar surface area (TPSA) is 23.5 Å². The Labute approximate surface area is 86.2 Å². The van der Waals surface area contributed by atoms with Gasteiger partial charge in [0.2, 0.25) is 0 Å². The molecule has 2 nitrogen and oxygen atoms in total. The minimum Gasteiger partial charge on any atom is -0.392 e. The molecule has 0 fully saturated rings. The van der Waals surface area contributed by atoms with E-state index in [1.54, 1.807) is 0 Å². The second-order valence-electron chi connectivity index (χ2n) is 3.74. The van der Waals surface area contributed by atoms with Gasteiger partial charge >= 0.3 is 0 Å². The Bertz CT molecular complexity index is 248. The van der Waals surface area contributed by atoms with Gasteiger partial charge in [0.05, 0.1) is 6.10 Å². The van der Waals surface area contributed by atoms with Crippen molar-refractivity contribution in [3.63, 3.8) is 0 Å². The quantitative estimate of drug-likeness (QED) is 0.772. The van der Waals surface area contributed by atoms with Gasteiger partial charge in [0.25, 0.3) is 0 Å². The number of aliphatic hydroxyl groups excluding tert-OH is 1. The molecule has 14 heavy (non-hydrogen) atoms. The van der Waals surface area contributed by atoms with E-state index in [1.807, 2.05) is 32.2 Å². The molecule has 0 aliphatic rings. The first-order valence-electron chi connectivity index (χ1n) is 5.13. The number of nitrogens with zero attached hydrogens (tertiary/aromatic N) is 1. The van der Waals surface area contributed by atoms with Crippen molar-refractivity contribution >= 4 is 0 Å². The number of hydrogen-bond acceptors (Lipinski definition) is 2. The van der Waals surface area contributed by atoms with Crippen molar-refractivity contribution in [2.24, 2.45) is 0 Å². The van der Waals surface area contributed by atoms with Gasteiger partial charge in [-0.2, -0.15) is 0 Å². The lowest BCUT2D eigenvalue weighted by molar-refractivity contribution is 0.119. The van der Waals surface area contributed by atoms with E-state index in [0.717, 1.165) is 19.5 Å². The smallest absolute Gasteiger partial charge is 0.0664 e. The van der Waals surface area contributed by atoms with Crippen LogP contribution in [0.1, 0.15) is 18.9 Å². The lowest BCUT2D eigenvalue weighted by Crippen LogP contribution is -2.28. The van der Waals surface area contributed by atoms with E-state index in [9.17, 15) is 5.11 Å². The van der Waals surface area contributed by atoms with E-state index >= 15 is 0 Å². The molecule has 1 aromatic carbocycles. The van der Waals surface area contributed by atoms with Gasteiger partial charge in [0.15, 0.2) is 0 Å². The molecule has 78 valence electrons. The van der Waals surface area contributed by atoms with Crippen LogP contribution in [0, 0.1) is 0 Å². The molecule has 1 rings (SSSR count). The highest BCUT2D eigenvalue weighted by molar-refractivity contribution is 5.14. The highest BCUT2D eigenvalue weighted by Gasteiger charge is 2.05. The first-order chi connectivity index (χ1) is 6.72. The fraction of sp³-hybridized carbons (Fsp3) is 0.500. The molecule has 0 aliphatic carbocycles. The SMILES string of the molecule is CCC(O)CN(C)Cc1ccccc1. The van der Waals surface area contributed by atoms with Gasteiger partial charge in [-0.15, -0.1) is 0 Å². The van der Waals surface area contributed by atoms with Crippen LogP contribution in [0.2, 0.25) is 0 Å². The molecule has 2 heteroatoms. The van der Waals surface area contributed by atoms with E-state index in [1.165, 1.54) is 5.56 Å². The Hall–Kier alpha value is -0.860. The van der Waals surface area contributed by atoms with Crippen LogP contribution >= 0.6 is 0 Å². The summed E-state index contributed by atoms with van der Waals surface area (Å²) in [7, 11) is 2.03. The molecule has 1 aromatic rings. The first kappa shape index (κ1) is 11.2. The summed E-state index contributed by atoms with van der Waals surface area (Å²) < 4.78 is 0. The van der Waals surface area contributed by atoms with Crippen molar-refractivity contribution in [1.82, 2.24) is 4.90 Å². The number of rotatable bonds is 5. The largest absolute Gasteiger partial charge is 0.392 e. The molecule has 0 saturated heterocycles. The minimum absolute atomic E-state index is 0.205. The third-order valence-electron chi connectivity index (χ3n) is 2.29. The number of benzene rings is 1. The van der Waals surface area contributed by atoms with Crippen LogP contribution in [-0.2, 0) is 6.54 Å². The zero-order valence-electron chi connectivity index (χ0n) is 8.98. The predicted octanol–water partition coefficient (Wildman–Crippen LogP) is 1.89. The van der Waals surface area contributed by atoms with Gasteiger partial charge in [0.1, 0.15) is 0 Å². The van der Waals surface area contributed by atoms with Crippen molar-refractivity contribution in [1.29, 1.82) is 0 Å². The number of likely N-dealkylation sites (N-methyl/N-ethyl adjacent to an activating group) is 1. The molecule has 0 radical (unpaired) electrons. The van der Waals surface area contributed by atoms with E-state index < -0.39 is 0 Å². The molecule has 0 saturated carbocycles. The van der Waals surface area contributed by atoms with Crippen LogP contribution in [0.15, 0.2) is 30.3 Å². The Kier molecular flexibility index (Phi) is 4.63. The molecule has 0 aliphatic heterocycles. The summed E-state index contributed by atoms with van der Waals surface area (Å²) in [4.78, 5) is 2.14. The number of hydrogen-bond donors (Lipinski definition) is 1. The highest BCUT2D eigenvalue weighted by Crippen LogP contribution is 2.03. The fourth-order valence-electron chi connectivity index (χ4n) is 1.45. The zero-order chi connectivity index (χ0) is 10.4. The van der Waals surface area contributed by atoms with E-state index in [4.69, 9.17) is 0 Å². The van der Waals surface area contributed by atoms with Crippen LogP contribution in [0.5, 0.6) is 0 Å². The van der Waals surface area contributed by atoms with E-state index in [0.29, 0.717) is 0 Å². The minimum atomic E-state index is -0.205. The maximum atomic E-state index is 9.46. The van der Waals surface area contributed by atoms with Gasteiger partial charge in [0, 0.05) is 13.1 Å². The predicted molar refractivity (Wildman–Crippen MR) is 59.1 cm³/mol. The summed E-state index contributed by atoms with van der Waals surface area (Å²) in [6.45, 7) is 3.64. The molecule has 0 bridgehead atoms. The maximum absolute atomic E-state index is 9.46. The van der Waals surface area contributed by atoms with Crippen molar-refractivity contribution < 1.29 is 5.11 Å². The summed E-state index contributed by atoms with van der Waals surface area (Å²) in [5.74, 6) is 0. The molecule has 0 heterocycles. The molecule has 0 amide bonds. The van der Waals surface area contributed by atoms with E-state index in [2.05, 4.69) is 17.0 Å². The normalized spacial score (nSPS) is 13.1. The number of aliphatic hydroxyl groups is 1. The Morgan fingerprint density at radius 2 is 1.93 bits per heavy atom. The second-order valence-corrected chi connectivity index (χ2v) is 3.74. The van der Waals surface area contributed by atoms with Crippen LogP contribution in [-0.4, -0.2) is 29.7 Å². The molecular weight excluding hydrogens is 174 g/mol. The van der Waals surface area contributed by atoms with Crippen LogP contribution in [0.3, 0.4) is 0 Å². The average Bonchev–Trinajstić information content (AvgIpc) is 2.19. The summed E-state index contributed by atoms with van der Waals surface area (Å²) in [6.07, 6.45) is 0.614. The molecule has 1 N–H and O–H groups in total. The fourth-order valence-corrected chi connectivity index (χ4v) is 1.45. The lowest BCUT2D eigenvalue weighted by Gasteiger charge is -2.19. The van der Waals surface area contributed by atoms with Crippen molar-refractivity contribution in [3.8, 4) is 0 Å². The lowest BCUT2D eigenvalue weighted by atomic mass is 10.2. The zero-order valence-corrected chi connectivity index (χ0v) is 8.98. The standard InChI is InChI=1S/C12H19NO/c1-3-12(14)10-13(2)9-11-7-5-4-6-8-11/h4-8,12,14H,3,9-10H2,1-2H3. The third kappa shape index (κ3) is 3.90. The Morgan fingerprint density at radius 1 is 1.29 bits per heavy atom. The summed E-state index contributed by atoms with van der Waals surface area (Å²) in [5.41, 5.74) is 1.29. The van der Waals surface area contributed by atoms with Gasteiger partial charge in [-0.05, 0) is 19.0 Å². The van der Waals surface area contributed by atoms with Crippen LogP contribution in [0.25, 0.3) is 0 Å². The molecule has 1 atom stereocenters. The average molecular weight is 193 g/mol. The summed E-state index contributed by atoms with van der Waals surface area (Å²) >= 11 is 0. The van der Waals surface area contributed by atoms with Crippen molar-refractivity contribution in [2.75, 3.05) is 13.6 Å². The van der Waals surface area contributed by atoms with Crippen molar-refractivity contribution in [2.45, 2.75) is 26.0 Å². The van der Waals surface area contributed by atoms with Crippen LogP contribution in [0.4, 0.5) is 0 Å². The maximum Gasteiger partial charge on any atom is 0.0664 e. The molecular formula is C12H19NO. The van der Waals surface area contributed by atoms with E-state index in [-0.39, 0.29) is 6.10 Å². The molecule has 0 spiro atoms. The van der Waals surface area contributed by atoms with Crippen LogP contribution < -0.4 is 0 Å². The summed E-state index contributed by atoms with van der Waals surface area (Å²) in [5, 5.41) is 9.46. The van der Waals surface area contributed by atoms with Gasteiger partial charge in [-0.3, -0.25) is 4.90 Å². The second kappa shape index (κ2) is 5.78. The highest BCUT2D eigenvalue weighted by atomic mass is 16.3. The monoisotopic (exact) mass is 193 g/mol. The van der Waals surface area contributed by atoms with Gasteiger partial charge < -0.3 is 5.11 Å². The van der Waals surface area contributed by atoms with Gasteiger partial charge in [-0.25, -0.2) is 0 Å². The third-order valence-corrected chi connectivity index (χ3v) is 2.29. The Balaban J connectivity index is 2.37. The molecule has 0 aromatic heterocycles. The van der Waals surface area contributed by atoms with Crippen molar-refractivity contribution in [3.05, 3.63) is 35.9 Å². The van der Waals surface area contributed by atoms with Gasteiger partial charge in [-0.1, -0.05) is 37.3 Å². The first-order valence-corrected chi connectivity index (χ1v) is 5.13. The summed E-state index contributed by atoms with van der Waals surface area (Å²) in [6, 6.07) is 10.3. The Morgan fingerprint density at radius 3 is 2.50 bits per heavy atom.